The van der Waals surface area contributed by atoms with Crippen LogP contribution >= 0.6 is 15.9 Å². The summed E-state index contributed by atoms with van der Waals surface area (Å²) < 4.78 is 13.3. The highest BCUT2D eigenvalue weighted by molar-refractivity contribution is 9.10. The third kappa shape index (κ3) is 7.23. The van der Waals surface area contributed by atoms with E-state index in [2.05, 4.69) is 72.7 Å². The Hall–Kier alpha value is -0.423. The molecule has 1 aromatic rings. The minimum Gasteiger partial charge on any atom is -0.392 e. The molecule has 4 heteroatoms. The van der Waals surface area contributed by atoms with Gasteiger partial charge >= 0.3 is 8.56 Å². The van der Waals surface area contributed by atoms with Crippen LogP contribution in [0.25, 0.3) is 6.08 Å². The molecular weight excluding hydrogens is 356 g/mol. The zero-order chi connectivity index (χ0) is 16.3. The maximum Gasteiger partial charge on any atom is 0.365 e. The summed E-state index contributed by atoms with van der Waals surface area (Å²) in [5.41, 5.74) is 3.41. The van der Waals surface area contributed by atoms with Crippen molar-refractivity contribution in [3.05, 3.63) is 40.0 Å². The van der Waals surface area contributed by atoms with E-state index >= 15 is 0 Å². The van der Waals surface area contributed by atoms with E-state index < -0.39 is 8.56 Å². The monoisotopic (exact) mass is 384 g/mol. The minimum absolute atomic E-state index is 0.713. The molecule has 0 saturated heterocycles. The van der Waals surface area contributed by atoms with Crippen molar-refractivity contribution in [2.75, 3.05) is 13.2 Å². The lowest BCUT2D eigenvalue weighted by atomic mass is 10.2. The third-order valence-corrected chi connectivity index (χ3v) is 7.36. The van der Waals surface area contributed by atoms with Crippen molar-refractivity contribution in [1.29, 1.82) is 0 Å². The molecule has 0 radical (unpaired) electrons. The Labute approximate surface area is 145 Å². The molecule has 0 aliphatic heterocycles. The summed E-state index contributed by atoms with van der Waals surface area (Å²) in [6, 6.07) is 9.38. The van der Waals surface area contributed by atoms with Gasteiger partial charge in [0, 0.05) is 17.7 Å². The quantitative estimate of drug-likeness (QED) is 0.339. The summed E-state index contributed by atoms with van der Waals surface area (Å²) in [5, 5.41) is 0. The van der Waals surface area contributed by atoms with Crippen LogP contribution in [0, 0.1) is 0 Å². The second-order valence-corrected chi connectivity index (χ2v) is 9.32. The first-order chi connectivity index (χ1) is 10.7. The van der Waals surface area contributed by atoms with Gasteiger partial charge in [-0.05, 0) is 43.3 Å². The molecule has 0 aliphatic carbocycles. The Morgan fingerprint density at radius 3 is 2.14 bits per heavy atom. The lowest BCUT2D eigenvalue weighted by Gasteiger charge is -2.27. The second kappa shape index (κ2) is 11.2. The summed E-state index contributed by atoms with van der Waals surface area (Å²) in [5.74, 6) is 0. The van der Waals surface area contributed by atoms with Crippen molar-refractivity contribution in [3.63, 3.8) is 0 Å². The average Bonchev–Trinajstić information content (AvgIpc) is 2.52. The van der Waals surface area contributed by atoms with Crippen molar-refractivity contribution >= 4 is 30.6 Å². The molecule has 0 unspecified atom stereocenters. The average molecular weight is 385 g/mol. The number of unbranched alkanes of at least 4 members (excludes halogenated alkanes) is 3. The van der Waals surface area contributed by atoms with Gasteiger partial charge in [-0.2, -0.15) is 0 Å². The summed E-state index contributed by atoms with van der Waals surface area (Å²) in [4.78, 5) is 0. The van der Waals surface area contributed by atoms with Crippen LogP contribution in [0.5, 0.6) is 0 Å². The summed E-state index contributed by atoms with van der Waals surface area (Å²) >= 11 is 3.47. The fourth-order valence-electron chi connectivity index (χ4n) is 2.45. The standard InChI is InChI=1S/C18H29BrO2Si/c1-4-7-8-9-15-22(20-5-2,21-6-3)16-14-17-10-12-18(19)13-11-17/h10-14,16H,4-9,15H2,1-3H3/b16-14+. The van der Waals surface area contributed by atoms with Crippen LogP contribution in [0.15, 0.2) is 34.4 Å². The second-order valence-electron chi connectivity index (χ2n) is 5.37. The highest BCUT2D eigenvalue weighted by Crippen LogP contribution is 2.22. The fraction of sp³-hybridized carbons (Fsp3) is 0.556. The predicted octanol–water partition coefficient (Wildman–Crippen LogP) is 6.10. The van der Waals surface area contributed by atoms with Crippen molar-refractivity contribution in [3.8, 4) is 0 Å². The van der Waals surface area contributed by atoms with Gasteiger partial charge in [-0.15, -0.1) is 0 Å². The Kier molecular flexibility index (Phi) is 9.96. The maximum absolute atomic E-state index is 6.12. The molecule has 0 N–H and O–H groups in total. The number of hydrogen-bond donors (Lipinski definition) is 0. The summed E-state index contributed by atoms with van der Waals surface area (Å²) in [6.07, 6.45) is 7.15. The Morgan fingerprint density at radius 2 is 1.59 bits per heavy atom. The number of halogens is 1. The SMILES string of the molecule is CCCCCC[Si](/C=C/c1ccc(Br)cc1)(OCC)OCC. The van der Waals surface area contributed by atoms with Crippen molar-refractivity contribution in [2.45, 2.75) is 52.5 Å². The topological polar surface area (TPSA) is 18.5 Å². The van der Waals surface area contributed by atoms with E-state index in [-0.39, 0.29) is 0 Å². The predicted molar refractivity (Wildman–Crippen MR) is 101 cm³/mol. The lowest BCUT2D eigenvalue weighted by Crippen LogP contribution is -2.40. The first-order valence-corrected chi connectivity index (χ1v) is 11.3. The number of hydrogen-bond acceptors (Lipinski definition) is 2. The molecular formula is C18H29BrO2Si. The van der Waals surface area contributed by atoms with E-state index in [9.17, 15) is 0 Å². The van der Waals surface area contributed by atoms with Gasteiger partial charge in [-0.1, -0.05) is 66.7 Å². The first kappa shape index (κ1) is 19.6. The van der Waals surface area contributed by atoms with Crippen molar-refractivity contribution < 1.29 is 8.85 Å². The summed E-state index contributed by atoms with van der Waals surface area (Å²) in [7, 11) is -2.23. The molecule has 0 saturated carbocycles. The van der Waals surface area contributed by atoms with Crippen LogP contribution in [0.4, 0.5) is 0 Å². The van der Waals surface area contributed by atoms with E-state index in [0.717, 1.165) is 10.5 Å². The highest BCUT2D eigenvalue weighted by Gasteiger charge is 2.33. The van der Waals surface area contributed by atoms with E-state index in [1.54, 1.807) is 0 Å². The van der Waals surface area contributed by atoms with Gasteiger partial charge in [0.05, 0.1) is 0 Å². The van der Waals surface area contributed by atoms with Crippen LogP contribution in [-0.4, -0.2) is 21.8 Å². The Morgan fingerprint density at radius 1 is 0.955 bits per heavy atom. The minimum atomic E-state index is -2.23. The molecule has 2 nitrogen and oxygen atoms in total. The van der Waals surface area contributed by atoms with Gasteiger partial charge in [-0.3, -0.25) is 0 Å². The molecule has 0 bridgehead atoms. The molecule has 0 atom stereocenters. The van der Waals surface area contributed by atoms with Crippen LogP contribution in [-0.2, 0) is 8.85 Å². The molecule has 1 aromatic carbocycles. The van der Waals surface area contributed by atoms with Gasteiger partial charge in [0.1, 0.15) is 0 Å². The lowest BCUT2D eigenvalue weighted by molar-refractivity contribution is 0.193. The number of rotatable bonds is 11. The molecule has 0 aromatic heterocycles. The van der Waals surface area contributed by atoms with Gasteiger partial charge in [0.2, 0.25) is 0 Å². The van der Waals surface area contributed by atoms with Crippen molar-refractivity contribution in [1.82, 2.24) is 0 Å². The largest absolute Gasteiger partial charge is 0.392 e. The first-order valence-electron chi connectivity index (χ1n) is 8.38. The van der Waals surface area contributed by atoms with Gasteiger partial charge < -0.3 is 8.85 Å². The van der Waals surface area contributed by atoms with Crippen LogP contribution in [0.1, 0.15) is 52.0 Å². The van der Waals surface area contributed by atoms with E-state index in [1.165, 1.54) is 31.2 Å². The Bertz CT molecular complexity index is 425. The molecule has 0 spiro atoms. The van der Waals surface area contributed by atoms with Crippen LogP contribution in [0.2, 0.25) is 6.04 Å². The molecule has 22 heavy (non-hydrogen) atoms. The Balaban J connectivity index is 2.79. The van der Waals surface area contributed by atoms with Gasteiger partial charge in [0.15, 0.2) is 0 Å². The van der Waals surface area contributed by atoms with E-state index in [4.69, 9.17) is 8.85 Å². The number of benzene rings is 1. The molecule has 0 fully saturated rings. The third-order valence-electron chi connectivity index (χ3n) is 3.56. The molecule has 0 heterocycles. The normalized spacial score (nSPS) is 12.2. The smallest absolute Gasteiger partial charge is 0.365 e. The van der Waals surface area contributed by atoms with Crippen LogP contribution in [0.3, 0.4) is 0 Å². The van der Waals surface area contributed by atoms with Gasteiger partial charge in [0.25, 0.3) is 0 Å². The molecule has 124 valence electrons. The molecule has 1 rings (SSSR count). The van der Waals surface area contributed by atoms with E-state index in [1.807, 2.05) is 0 Å². The van der Waals surface area contributed by atoms with E-state index in [0.29, 0.717) is 13.2 Å². The highest BCUT2D eigenvalue weighted by atomic mass is 79.9. The summed E-state index contributed by atoms with van der Waals surface area (Å²) in [6.45, 7) is 7.78. The molecule has 0 amide bonds. The zero-order valence-corrected chi connectivity index (χ0v) is 16.7. The van der Waals surface area contributed by atoms with Crippen LogP contribution < -0.4 is 0 Å². The fourth-order valence-corrected chi connectivity index (χ4v) is 5.61. The van der Waals surface area contributed by atoms with Gasteiger partial charge in [-0.25, -0.2) is 0 Å². The molecule has 0 aliphatic rings. The maximum atomic E-state index is 6.12. The van der Waals surface area contributed by atoms with Crippen molar-refractivity contribution in [2.24, 2.45) is 0 Å². The zero-order valence-electron chi connectivity index (χ0n) is 14.1.